The molecule has 6 rings (SSSR count). The lowest BCUT2D eigenvalue weighted by molar-refractivity contribution is 0.0624. The zero-order valence-electron chi connectivity index (χ0n) is 17.6. The average molecular weight is 442 g/mol. The maximum Gasteiger partial charge on any atom is 0.315 e. The number of nitrogens with zero attached hydrogens (tertiary/aromatic N) is 4. The van der Waals surface area contributed by atoms with Gasteiger partial charge in [-0.2, -0.15) is 0 Å². The van der Waals surface area contributed by atoms with Gasteiger partial charge in [-0.15, -0.1) is 5.10 Å². The molecule has 4 aliphatic rings. The fraction of sp³-hybridized carbons (Fsp3) is 0.619. The Balaban J connectivity index is 1.14. The van der Waals surface area contributed by atoms with Crippen molar-refractivity contribution in [2.75, 3.05) is 20.0 Å². The van der Waals surface area contributed by atoms with Gasteiger partial charge in [0.15, 0.2) is 17.3 Å². The molecule has 0 unspecified atom stereocenters. The Morgan fingerprint density at radius 1 is 1.00 bits per heavy atom. The number of carbonyl (C=O) groups is 1. The second-order valence-electron chi connectivity index (χ2n) is 8.74. The molecule has 3 aliphatic heterocycles. The van der Waals surface area contributed by atoms with E-state index in [1.54, 1.807) is 4.68 Å². The molecule has 4 heterocycles. The minimum absolute atomic E-state index is 0.151. The first-order valence-electron chi connectivity index (χ1n) is 11.2. The summed E-state index contributed by atoms with van der Waals surface area (Å²) in [5.41, 5.74) is 0.822. The number of fused-ring (bicyclic) bond motifs is 2. The zero-order valence-corrected chi connectivity index (χ0v) is 17.6. The van der Waals surface area contributed by atoms with Crippen molar-refractivity contribution in [2.45, 2.75) is 62.4 Å². The Morgan fingerprint density at radius 2 is 1.84 bits per heavy atom. The number of benzene rings is 1. The fourth-order valence-electron chi connectivity index (χ4n) is 5.10. The average Bonchev–Trinajstić information content (AvgIpc) is 3.59. The van der Waals surface area contributed by atoms with Gasteiger partial charge in [0.1, 0.15) is 18.2 Å². The van der Waals surface area contributed by atoms with E-state index in [1.807, 2.05) is 18.2 Å². The van der Waals surface area contributed by atoms with E-state index < -0.39 is 0 Å². The van der Waals surface area contributed by atoms with Crippen molar-refractivity contribution in [1.82, 2.24) is 30.8 Å². The van der Waals surface area contributed by atoms with Gasteiger partial charge in [0.2, 0.25) is 6.79 Å². The van der Waals surface area contributed by atoms with Crippen molar-refractivity contribution in [3.63, 3.8) is 0 Å². The number of amides is 2. The summed E-state index contributed by atoms with van der Waals surface area (Å²) in [6.45, 7) is 1.01. The minimum atomic E-state index is -0.245. The highest BCUT2D eigenvalue weighted by Gasteiger charge is 2.50. The van der Waals surface area contributed by atoms with E-state index in [0.717, 1.165) is 18.4 Å². The van der Waals surface area contributed by atoms with Crippen molar-refractivity contribution in [3.8, 4) is 22.9 Å². The van der Waals surface area contributed by atoms with Crippen LogP contribution < -0.4 is 20.1 Å². The van der Waals surface area contributed by atoms with E-state index in [4.69, 9.17) is 18.9 Å². The van der Waals surface area contributed by atoms with E-state index in [9.17, 15) is 4.79 Å². The van der Waals surface area contributed by atoms with Crippen LogP contribution in [0.5, 0.6) is 11.5 Å². The van der Waals surface area contributed by atoms with Crippen LogP contribution in [0.3, 0.4) is 0 Å². The van der Waals surface area contributed by atoms with E-state index in [0.29, 0.717) is 30.5 Å². The van der Waals surface area contributed by atoms with Gasteiger partial charge in [-0.25, -0.2) is 9.48 Å². The van der Waals surface area contributed by atoms with Crippen molar-refractivity contribution in [3.05, 3.63) is 18.2 Å². The van der Waals surface area contributed by atoms with Crippen LogP contribution in [0.2, 0.25) is 0 Å². The summed E-state index contributed by atoms with van der Waals surface area (Å²) in [5.74, 6) is 1.98. The van der Waals surface area contributed by atoms with Gasteiger partial charge in [0.05, 0.1) is 19.3 Å². The number of urea groups is 1. The Labute approximate surface area is 184 Å². The standard InChI is InChI=1S/C21H26N6O5/c28-21(22-13-4-2-1-3-5-13)23-14-9-29-19-15(10-30-18(14)19)27-20(24-25-26-27)12-6-7-16-17(8-12)32-11-31-16/h6-8,13-15,18-19H,1-5,9-11H2,(H2,22,23,28)/t14-,15+,18-,19+/m0/s1. The molecule has 32 heavy (non-hydrogen) atoms. The summed E-state index contributed by atoms with van der Waals surface area (Å²) >= 11 is 0. The normalized spacial score (nSPS) is 29.1. The molecule has 0 spiro atoms. The van der Waals surface area contributed by atoms with Crippen LogP contribution in [-0.4, -0.2) is 70.5 Å². The van der Waals surface area contributed by atoms with Gasteiger partial charge < -0.3 is 29.6 Å². The Bertz CT molecular complexity index is 993. The lowest BCUT2D eigenvalue weighted by Gasteiger charge is -2.24. The summed E-state index contributed by atoms with van der Waals surface area (Å²) in [4.78, 5) is 12.5. The van der Waals surface area contributed by atoms with Crippen LogP contribution in [0.4, 0.5) is 4.79 Å². The number of rotatable bonds is 4. The maximum atomic E-state index is 12.5. The molecule has 1 saturated carbocycles. The van der Waals surface area contributed by atoms with Crippen molar-refractivity contribution in [2.24, 2.45) is 0 Å². The predicted octanol–water partition coefficient (Wildman–Crippen LogP) is 1.41. The first-order chi connectivity index (χ1) is 15.8. The van der Waals surface area contributed by atoms with Gasteiger partial charge in [-0.1, -0.05) is 19.3 Å². The molecule has 1 aromatic carbocycles. The Hall–Kier alpha value is -2.92. The number of tetrazole rings is 1. The van der Waals surface area contributed by atoms with Crippen LogP contribution in [0, 0.1) is 0 Å². The molecule has 3 fully saturated rings. The quantitative estimate of drug-likeness (QED) is 0.729. The monoisotopic (exact) mass is 442 g/mol. The van der Waals surface area contributed by atoms with Crippen molar-refractivity contribution in [1.29, 1.82) is 0 Å². The fourth-order valence-corrected chi connectivity index (χ4v) is 5.10. The summed E-state index contributed by atoms with van der Waals surface area (Å²) < 4.78 is 24.7. The third-order valence-corrected chi connectivity index (χ3v) is 6.72. The molecule has 2 amide bonds. The van der Waals surface area contributed by atoms with Gasteiger partial charge in [0, 0.05) is 11.6 Å². The molecule has 2 N–H and O–H groups in total. The molecule has 0 bridgehead atoms. The van der Waals surface area contributed by atoms with Crippen LogP contribution in [0.25, 0.3) is 11.4 Å². The van der Waals surface area contributed by atoms with Gasteiger partial charge >= 0.3 is 6.03 Å². The predicted molar refractivity (Wildman–Crippen MR) is 110 cm³/mol. The SMILES string of the molecule is O=C(NC1CCCCC1)N[C@H]1CO[C@H]2[C@H]1OC[C@H]2n1nnnc1-c1ccc2c(c1)OCO2. The number of ether oxygens (including phenoxy) is 4. The van der Waals surface area contributed by atoms with Gasteiger partial charge in [-0.3, -0.25) is 0 Å². The van der Waals surface area contributed by atoms with Gasteiger partial charge in [0.25, 0.3) is 0 Å². The molecule has 2 aromatic rings. The van der Waals surface area contributed by atoms with Crippen LogP contribution in [-0.2, 0) is 9.47 Å². The number of nitrogens with one attached hydrogen (secondary N) is 2. The van der Waals surface area contributed by atoms with Gasteiger partial charge in [-0.05, 0) is 41.5 Å². The lowest BCUT2D eigenvalue weighted by atomic mass is 9.96. The Morgan fingerprint density at radius 3 is 2.75 bits per heavy atom. The second-order valence-corrected chi connectivity index (χ2v) is 8.74. The molecule has 11 heteroatoms. The highest BCUT2D eigenvalue weighted by Crippen LogP contribution is 2.38. The highest BCUT2D eigenvalue weighted by atomic mass is 16.7. The molecular formula is C21H26N6O5. The van der Waals surface area contributed by atoms with Crippen molar-refractivity contribution < 1.29 is 23.7 Å². The van der Waals surface area contributed by atoms with Crippen molar-refractivity contribution >= 4 is 6.03 Å². The molecule has 11 nitrogen and oxygen atoms in total. The zero-order chi connectivity index (χ0) is 21.5. The molecule has 0 radical (unpaired) electrons. The van der Waals surface area contributed by atoms with Crippen LogP contribution in [0.1, 0.15) is 38.1 Å². The number of hydrogen-bond acceptors (Lipinski definition) is 8. The summed E-state index contributed by atoms with van der Waals surface area (Å²) in [7, 11) is 0. The molecule has 170 valence electrons. The van der Waals surface area contributed by atoms with Crippen LogP contribution >= 0.6 is 0 Å². The highest BCUT2D eigenvalue weighted by molar-refractivity contribution is 5.74. The molecular weight excluding hydrogens is 416 g/mol. The molecule has 1 aliphatic carbocycles. The van der Waals surface area contributed by atoms with Crippen LogP contribution in [0.15, 0.2) is 18.2 Å². The third kappa shape index (κ3) is 3.55. The molecule has 2 saturated heterocycles. The summed E-state index contributed by atoms with van der Waals surface area (Å²) in [6.07, 6.45) is 5.19. The molecule has 1 aromatic heterocycles. The van der Waals surface area contributed by atoms with E-state index in [-0.39, 0.29) is 43.2 Å². The number of carbonyl (C=O) groups excluding carboxylic acids is 1. The largest absolute Gasteiger partial charge is 0.454 e. The van der Waals surface area contributed by atoms with E-state index in [2.05, 4.69) is 26.2 Å². The number of aromatic nitrogens is 4. The number of hydrogen-bond donors (Lipinski definition) is 2. The topological polar surface area (TPSA) is 122 Å². The third-order valence-electron chi connectivity index (χ3n) is 6.72. The molecule has 4 atom stereocenters. The lowest BCUT2D eigenvalue weighted by Crippen LogP contribution is -2.50. The summed E-state index contributed by atoms with van der Waals surface area (Å²) in [6, 6.07) is 5.32. The second kappa shape index (κ2) is 8.21. The van der Waals surface area contributed by atoms with E-state index in [1.165, 1.54) is 19.3 Å². The minimum Gasteiger partial charge on any atom is -0.454 e. The smallest absolute Gasteiger partial charge is 0.315 e. The summed E-state index contributed by atoms with van der Waals surface area (Å²) in [5, 5.41) is 18.5. The maximum absolute atomic E-state index is 12.5. The first-order valence-corrected chi connectivity index (χ1v) is 11.2. The van der Waals surface area contributed by atoms with E-state index >= 15 is 0 Å². The Kier molecular flexibility index (Phi) is 5.07. The first kappa shape index (κ1) is 19.7.